The van der Waals surface area contributed by atoms with Crippen molar-refractivity contribution in [3.8, 4) is 0 Å². The number of aliphatic imine (C=N–C) groups is 1. The summed E-state index contributed by atoms with van der Waals surface area (Å²) in [5, 5.41) is 6.64. The molecule has 0 saturated carbocycles. The van der Waals surface area contributed by atoms with E-state index < -0.39 is 0 Å². The van der Waals surface area contributed by atoms with Crippen molar-refractivity contribution in [2.24, 2.45) is 4.99 Å². The van der Waals surface area contributed by atoms with Crippen LogP contribution in [0.3, 0.4) is 0 Å². The van der Waals surface area contributed by atoms with Crippen LogP contribution in [0.25, 0.3) is 5.57 Å². The number of amidine groups is 1. The van der Waals surface area contributed by atoms with Gasteiger partial charge in [-0.05, 0) is 32.2 Å². The van der Waals surface area contributed by atoms with E-state index >= 15 is 0 Å². The first-order chi connectivity index (χ1) is 11.2. The molecule has 120 valence electrons. The average Bonchev–Trinajstić information content (AvgIpc) is 2.99. The normalized spacial score (nSPS) is 23.2. The first-order valence-corrected chi connectivity index (χ1v) is 7.97. The van der Waals surface area contributed by atoms with E-state index in [0.29, 0.717) is 6.04 Å². The molecule has 5 heteroatoms. The van der Waals surface area contributed by atoms with E-state index in [2.05, 4.69) is 45.9 Å². The standard InChI is InChI=1S/C18H23N5/c1-4-19-18-17(14(3)23-10-9-20-13(2)12-23)15(11-22-18)16-7-5-6-8-21-16/h4-8,11,13,20H,1,9-10,12H2,2-3H3,(H,19,22)/b17-14+. The van der Waals surface area contributed by atoms with E-state index in [-0.39, 0.29) is 0 Å². The van der Waals surface area contributed by atoms with E-state index in [0.717, 1.165) is 42.3 Å². The lowest BCUT2D eigenvalue weighted by molar-refractivity contribution is 0.256. The van der Waals surface area contributed by atoms with Crippen molar-refractivity contribution in [1.82, 2.24) is 20.5 Å². The van der Waals surface area contributed by atoms with Gasteiger partial charge in [-0.25, -0.2) is 4.99 Å². The van der Waals surface area contributed by atoms with Crippen molar-refractivity contribution in [2.45, 2.75) is 19.9 Å². The van der Waals surface area contributed by atoms with Crippen LogP contribution in [0.4, 0.5) is 0 Å². The van der Waals surface area contributed by atoms with Crippen molar-refractivity contribution in [1.29, 1.82) is 0 Å². The van der Waals surface area contributed by atoms with Gasteiger partial charge in [0, 0.05) is 54.9 Å². The first-order valence-electron chi connectivity index (χ1n) is 7.97. The maximum Gasteiger partial charge on any atom is 0.139 e. The largest absolute Gasteiger partial charge is 0.372 e. The van der Waals surface area contributed by atoms with Crippen molar-refractivity contribution in [3.05, 3.63) is 60.3 Å². The van der Waals surface area contributed by atoms with Crippen LogP contribution in [0, 0.1) is 0 Å². The predicted octanol–water partition coefficient (Wildman–Crippen LogP) is 2.14. The number of allylic oxidation sites excluding steroid dienone is 1. The summed E-state index contributed by atoms with van der Waals surface area (Å²) in [4.78, 5) is 11.4. The summed E-state index contributed by atoms with van der Waals surface area (Å²) >= 11 is 0. The zero-order chi connectivity index (χ0) is 16.2. The molecule has 3 heterocycles. The van der Waals surface area contributed by atoms with Gasteiger partial charge in [0.15, 0.2) is 0 Å². The Bertz CT molecular complexity index is 672. The Morgan fingerprint density at radius 2 is 2.35 bits per heavy atom. The minimum Gasteiger partial charge on any atom is -0.372 e. The van der Waals surface area contributed by atoms with Crippen LogP contribution in [-0.4, -0.2) is 41.4 Å². The Hall–Kier alpha value is -2.40. The Labute approximate surface area is 137 Å². The third-order valence-corrected chi connectivity index (χ3v) is 4.21. The van der Waals surface area contributed by atoms with Gasteiger partial charge >= 0.3 is 0 Å². The second-order valence-corrected chi connectivity index (χ2v) is 5.85. The fraction of sp³-hybridized carbons (Fsp3) is 0.333. The van der Waals surface area contributed by atoms with Crippen LogP contribution in [0.15, 0.2) is 59.6 Å². The Balaban J connectivity index is 1.99. The zero-order valence-electron chi connectivity index (χ0n) is 13.7. The molecule has 0 spiro atoms. The molecule has 0 aromatic carbocycles. The van der Waals surface area contributed by atoms with Gasteiger partial charge in [-0.3, -0.25) is 4.98 Å². The Morgan fingerprint density at radius 3 is 3.04 bits per heavy atom. The molecule has 1 unspecified atom stereocenters. The molecule has 5 nitrogen and oxygen atoms in total. The zero-order valence-corrected chi connectivity index (χ0v) is 13.7. The SMILES string of the molecule is C=CNC1=NC=C(c2ccccn2)/C1=C(/C)N1CCNC(C)C1. The van der Waals surface area contributed by atoms with Gasteiger partial charge in [-0.15, -0.1) is 0 Å². The maximum absolute atomic E-state index is 4.53. The Kier molecular flexibility index (Phi) is 4.57. The van der Waals surface area contributed by atoms with E-state index in [4.69, 9.17) is 0 Å². The van der Waals surface area contributed by atoms with Crippen LogP contribution in [0.2, 0.25) is 0 Å². The summed E-state index contributed by atoms with van der Waals surface area (Å²) in [5.41, 5.74) is 4.33. The molecule has 0 aliphatic carbocycles. The van der Waals surface area contributed by atoms with Gasteiger partial charge in [0.1, 0.15) is 5.84 Å². The molecule has 1 aromatic heterocycles. The van der Waals surface area contributed by atoms with Gasteiger partial charge < -0.3 is 15.5 Å². The smallest absolute Gasteiger partial charge is 0.139 e. The molecule has 1 atom stereocenters. The van der Waals surface area contributed by atoms with E-state index in [1.165, 1.54) is 5.70 Å². The van der Waals surface area contributed by atoms with Gasteiger partial charge in [0.25, 0.3) is 0 Å². The number of hydrogen-bond acceptors (Lipinski definition) is 5. The third-order valence-electron chi connectivity index (χ3n) is 4.21. The lowest BCUT2D eigenvalue weighted by Crippen LogP contribution is -2.48. The molecule has 23 heavy (non-hydrogen) atoms. The first kappa shape index (κ1) is 15.5. The lowest BCUT2D eigenvalue weighted by Gasteiger charge is -2.35. The molecule has 0 bridgehead atoms. The van der Waals surface area contributed by atoms with Crippen LogP contribution in [-0.2, 0) is 0 Å². The Morgan fingerprint density at radius 1 is 1.48 bits per heavy atom. The number of piperazine rings is 1. The maximum atomic E-state index is 4.53. The number of nitrogens with one attached hydrogen (secondary N) is 2. The molecule has 1 aromatic rings. The molecule has 1 fully saturated rings. The molecular weight excluding hydrogens is 286 g/mol. The van der Waals surface area contributed by atoms with Gasteiger partial charge in [-0.2, -0.15) is 0 Å². The molecule has 2 aliphatic rings. The fourth-order valence-electron chi connectivity index (χ4n) is 3.07. The number of nitrogens with zero attached hydrogens (tertiary/aromatic N) is 3. The molecular formula is C18H23N5. The molecule has 2 aliphatic heterocycles. The van der Waals surface area contributed by atoms with E-state index in [1.807, 2.05) is 30.6 Å². The molecule has 0 radical (unpaired) electrons. The molecule has 0 amide bonds. The fourth-order valence-corrected chi connectivity index (χ4v) is 3.07. The summed E-state index contributed by atoms with van der Waals surface area (Å²) in [6, 6.07) is 6.43. The lowest BCUT2D eigenvalue weighted by atomic mass is 10.0. The second-order valence-electron chi connectivity index (χ2n) is 5.85. The highest BCUT2D eigenvalue weighted by Gasteiger charge is 2.26. The summed E-state index contributed by atoms with van der Waals surface area (Å²) in [6.07, 6.45) is 5.37. The monoisotopic (exact) mass is 309 g/mol. The number of pyridine rings is 1. The molecule has 1 saturated heterocycles. The molecule has 3 rings (SSSR count). The summed E-state index contributed by atoms with van der Waals surface area (Å²) in [7, 11) is 0. The number of hydrogen-bond donors (Lipinski definition) is 2. The average molecular weight is 309 g/mol. The summed E-state index contributed by atoms with van der Waals surface area (Å²) < 4.78 is 0. The predicted molar refractivity (Wildman–Crippen MR) is 94.7 cm³/mol. The van der Waals surface area contributed by atoms with Crippen LogP contribution < -0.4 is 10.6 Å². The van der Waals surface area contributed by atoms with Crippen LogP contribution in [0.5, 0.6) is 0 Å². The highest BCUT2D eigenvalue weighted by atomic mass is 15.2. The minimum absolute atomic E-state index is 0.482. The van der Waals surface area contributed by atoms with E-state index in [9.17, 15) is 0 Å². The highest BCUT2D eigenvalue weighted by Crippen LogP contribution is 2.31. The summed E-state index contributed by atoms with van der Waals surface area (Å²) in [6.45, 7) is 11.1. The highest BCUT2D eigenvalue weighted by molar-refractivity contribution is 6.15. The second kappa shape index (κ2) is 6.79. The third kappa shape index (κ3) is 3.19. The topological polar surface area (TPSA) is 52.6 Å². The molecule has 2 N–H and O–H groups in total. The van der Waals surface area contributed by atoms with E-state index in [1.54, 1.807) is 6.20 Å². The summed E-state index contributed by atoms with van der Waals surface area (Å²) in [5.74, 6) is 0.837. The van der Waals surface area contributed by atoms with Crippen LogP contribution >= 0.6 is 0 Å². The minimum atomic E-state index is 0.482. The van der Waals surface area contributed by atoms with Crippen molar-refractivity contribution < 1.29 is 0 Å². The van der Waals surface area contributed by atoms with Gasteiger partial charge in [0.05, 0.1) is 5.69 Å². The van der Waals surface area contributed by atoms with Crippen LogP contribution in [0.1, 0.15) is 19.5 Å². The van der Waals surface area contributed by atoms with Crippen molar-refractivity contribution in [3.63, 3.8) is 0 Å². The number of rotatable bonds is 3. The van der Waals surface area contributed by atoms with Crippen molar-refractivity contribution >= 4 is 11.4 Å². The van der Waals surface area contributed by atoms with Gasteiger partial charge in [-0.1, -0.05) is 12.6 Å². The quantitative estimate of drug-likeness (QED) is 0.898. The van der Waals surface area contributed by atoms with Gasteiger partial charge in [0.2, 0.25) is 0 Å². The number of aromatic nitrogens is 1. The van der Waals surface area contributed by atoms with Crippen molar-refractivity contribution in [2.75, 3.05) is 19.6 Å².